The van der Waals surface area contributed by atoms with Crippen molar-refractivity contribution in [3.8, 4) is 0 Å². The number of β-amino-alcohol motifs (C(OH)–C–C–N with tert-alkyl or cyclic N) is 1. The molecule has 0 spiro atoms. The molecule has 3 atom stereocenters. The van der Waals surface area contributed by atoms with E-state index < -0.39 is 0 Å². The van der Waals surface area contributed by atoms with Crippen molar-refractivity contribution in [1.29, 1.82) is 0 Å². The molecule has 19 heavy (non-hydrogen) atoms. The number of carbonyl (C=O) groups excluding carboxylic acids is 1. The SMILES string of the molecule is O=C(C1CC(O)CN1)N1CCCC(N2CCCC2)C1. The predicted molar refractivity (Wildman–Crippen MR) is 72.8 cm³/mol. The fourth-order valence-corrected chi connectivity index (χ4v) is 3.69. The van der Waals surface area contributed by atoms with Crippen molar-refractivity contribution in [1.82, 2.24) is 15.1 Å². The molecule has 0 saturated carbocycles. The van der Waals surface area contributed by atoms with Crippen LogP contribution >= 0.6 is 0 Å². The number of carbonyl (C=O) groups is 1. The number of likely N-dealkylation sites (tertiary alicyclic amines) is 2. The Bertz CT molecular complexity index is 331. The van der Waals surface area contributed by atoms with Crippen molar-refractivity contribution in [2.24, 2.45) is 0 Å². The van der Waals surface area contributed by atoms with Gasteiger partial charge in [-0.2, -0.15) is 0 Å². The molecule has 108 valence electrons. The highest BCUT2D eigenvalue weighted by atomic mass is 16.3. The first kappa shape index (κ1) is 13.3. The molecular weight excluding hydrogens is 242 g/mol. The molecule has 3 saturated heterocycles. The maximum atomic E-state index is 12.4. The van der Waals surface area contributed by atoms with E-state index in [1.807, 2.05) is 4.90 Å². The fraction of sp³-hybridized carbons (Fsp3) is 0.929. The van der Waals surface area contributed by atoms with E-state index in [-0.39, 0.29) is 18.1 Å². The zero-order valence-corrected chi connectivity index (χ0v) is 11.6. The van der Waals surface area contributed by atoms with Crippen molar-refractivity contribution in [3.05, 3.63) is 0 Å². The largest absolute Gasteiger partial charge is 0.392 e. The highest BCUT2D eigenvalue weighted by Crippen LogP contribution is 2.21. The summed E-state index contributed by atoms with van der Waals surface area (Å²) in [5.74, 6) is 0.195. The first-order valence-electron chi connectivity index (χ1n) is 7.68. The van der Waals surface area contributed by atoms with Crippen LogP contribution in [0.15, 0.2) is 0 Å². The summed E-state index contributed by atoms with van der Waals surface area (Å²) in [5.41, 5.74) is 0. The molecule has 0 aromatic carbocycles. The third-order valence-corrected chi connectivity index (χ3v) is 4.77. The van der Waals surface area contributed by atoms with Crippen LogP contribution in [-0.4, -0.2) is 71.7 Å². The van der Waals surface area contributed by atoms with E-state index in [9.17, 15) is 9.90 Å². The Balaban J connectivity index is 1.56. The standard InChI is InChI=1S/C14H25N3O2/c18-12-8-13(15-9-12)14(19)17-7-3-4-11(10-17)16-5-1-2-6-16/h11-13,15,18H,1-10H2. The van der Waals surface area contributed by atoms with Gasteiger partial charge < -0.3 is 15.3 Å². The summed E-state index contributed by atoms with van der Waals surface area (Å²) in [5, 5.41) is 12.7. The van der Waals surface area contributed by atoms with E-state index >= 15 is 0 Å². The van der Waals surface area contributed by atoms with Gasteiger partial charge in [0.05, 0.1) is 12.1 Å². The number of aliphatic hydroxyl groups excluding tert-OH is 1. The van der Waals surface area contributed by atoms with Crippen molar-refractivity contribution >= 4 is 5.91 Å². The molecule has 3 unspecified atom stereocenters. The molecule has 5 heteroatoms. The molecule has 3 rings (SSSR count). The second-order valence-electron chi connectivity index (χ2n) is 6.17. The van der Waals surface area contributed by atoms with Crippen LogP contribution in [0.25, 0.3) is 0 Å². The van der Waals surface area contributed by atoms with Gasteiger partial charge >= 0.3 is 0 Å². The van der Waals surface area contributed by atoms with E-state index in [4.69, 9.17) is 0 Å². The van der Waals surface area contributed by atoms with E-state index in [0.717, 1.165) is 19.5 Å². The van der Waals surface area contributed by atoms with Crippen LogP contribution in [0, 0.1) is 0 Å². The first-order chi connectivity index (χ1) is 9.24. The number of hydrogen-bond donors (Lipinski definition) is 2. The maximum Gasteiger partial charge on any atom is 0.239 e. The number of amides is 1. The summed E-state index contributed by atoms with van der Waals surface area (Å²) < 4.78 is 0. The molecule has 2 N–H and O–H groups in total. The molecule has 1 amide bonds. The van der Waals surface area contributed by atoms with Crippen LogP contribution in [-0.2, 0) is 4.79 Å². The lowest BCUT2D eigenvalue weighted by Crippen LogP contribution is -2.52. The van der Waals surface area contributed by atoms with Gasteiger partial charge in [-0.3, -0.25) is 9.69 Å². The molecular formula is C14H25N3O2. The van der Waals surface area contributed by atoms with E-state index in [1.54, 1.807) is 0 Å². The first-order valence-corrected chi connectivity index (χ1v) is 7.68. The Morgan fingerprint density at radius 1 is 1.16 bits per heavy atom. The van der Waals surface area contributed by atoms with E-state index in [0.29, 0.717) is 19.0 Å². The Kier molecular flexibility index (Phi) is 4.05. The quantitative estimate of drug-likeness (QED) is 0.727. The van der Waals surface area contributed by atoms with Crippen molar-refractivity contribution in [3.63, 3.8) is 0 Å². The van der Waals surface area contributed by atoms with Crippen LogP contribution < -0.4 is 5.32 Å². The van der Waals surface area contributed by atoms with Crippen LogP contribution in [0.2, 0.25) is 0 Å². The number of nitrogens with zero attached hydrogens (tertiary/aromatic N) is 2. The number of hydrogen-bond acceptors (Lipinski definition) is 4. The monoisotopic (exact) mass is 267 g/mol. The lowest BCUT2D eigenvalue weighted by molar-refractivity contribution is -0.135. The lowest BCUT2D eigenvalue weighted by Gasteiger charge is -2.38. The van der Waals surface area contributed by atoms with Crippen molar-refractivity contribution in [2.45, 2.75) is 50.3 Å². The van der Waals surface area contributed by atoms with Gasteiger partial charge in [-0.1, -0.05) is 0 Å². The molecule has 3 fully saturated rings. The van der Waals surface area contributed by atoms with E-state index in [2.05, 4.69) is 10.2 Å². The summed E-state index contributed by atoms with van der Waals surface area (Å²) >= 11 is 0. The Hall–Kier alpha value is -0.650. The zero-order valence-electron chi connectivity index (χ0n) is 11.6. The topological polar surface area (TPSA) is 55.8 Å². The Morgan fingerprint density at radius 2 is 1.95 bits per heavy atom. The molecule has 3 aliphatic rings. The summed E-state index contributed by atoms with van der Waals surface area (Å²) in [6.45, 7) is 4.73. The number of nitrogens with one attached hydrogen (secondary N) is 1. The highest BCUT2D eigenvalue weighted by molar-refractivity contribution is 5.82. The molecule has 0 radical (unpaired) electrons. The molecule has 0 bridgehead atoms. The van der Waals surface area contributed by atoms with Gasteiger partial charge in [-0.25, -0.2) is 0 Å². The minimum absolute atomic E-state index is 0.160. The number of rotatable bonds is 2. The smallest absolute Gasteiger partial charge is 0.239 e. The van der Waals surface area contributed by atoms with Gasteiger partial charge in [0.15, 0.2) is 0 Å². The second-order valence-corrected chi connectivity index (χ2v) is 6.17. The van der Waals surface area contributed by atoms with Crippen molar-refractivity contribution in [2.75, 3.05) is 32.7 Å². The number of aliphatic hydroxyl groups is 1. The van der Waals surface area contributed by atoms with Gasteiger partial charge in [0.1, 0.15) is 0 Å². The summed E-state index contributed by atoms with van der Waals surface area (Å²) in [6.07, 6.45) is 5.17. The van der Waals surface area contributed by atoms with Gasteiger partial charge in [-0.15, -0.1) is 0 Å². The summed E-state index contributed by atoms with van der Waals surface area (Å²) in [7, 11) is 0. The predicted octanol–water partition coefficient (Wildman–Crippen LogP) is -0.204. The third-order valence-electron chi connectivity index (χ3n) is 4.77. The minimum atomic E-state index is -0.354. The fourth-order valence-electron chi connectivity index (χ4n) is 3.69. The van der Waals surface area contributed by atoms with Gasteiger partial charge in [-0.05, 0) is 45.2 Å². The van der Waals surface area contributed by atoms with Crippen molar-refractivity contribution < 1.29 is 9.90 Å². The second kappa shape index (κ2) is 5.77. The third kappa shape index (κ3) is 2.93. The maximum absolute atomic E-state index is 12.4. The highest BCUT2D eigenvalue weighted by Gasteiger charge is 2.35. The van der Waals surface area contributed by atoms with Crippen LogP contribution in [0.4, 0.5) is 0 Å². The van der Waals surface area contributed by atoms with Crippen LogP contribution in [0.1, 0.15) is 32.1 Å². The number of piperidine rings is 1. The molecule has 0 aromatic rings. The average Bonchev–Trinajstić information content (AvgIpc) is 3.09. The molecule has 5 nitrogen and oxygen atoms in total. The normalized spacial score (nSPS) is 36.9. The molecule has 3 aliphatic heterocycles. The van der Waals surface area contributed by atoms with E-state index in [1.165, 1.54) is 32.4 Å². The van der Waals surface area contributed by atoms with Gasteiger partial charge in [0.2, 0.25) is 5.91 Å². The van der Waals surface area contributed by atoms with Crippen LogP contribution in [0.5, 0.6) is 0 Å². The summed E-state index contributed by atoms with van der Waals surface area (Å²) in [6, 6.07) is 0.402. The minimum Gasteiger partial charge on any atom is -0.392 e. The molecule has 0 aliphatic carbocycles. The Labute approximate surface area is 114 Å². The van der Waals surface area contributed by atoms with Crippen LogP contribution in [0.3, 0.4) is 0 Å². The van der Waals surface area contributed by atoms with Gasteiger partial charge in [0, 0.05) is 25.7 Å². The Morgan fingerprint density at radius 3 is 2.63 bits per heavy atom. The zero-order chi connectivity index (χ0) is 13.2. The lowest BCUT2D eigenvalue weighted by atomic mass is 10.0. The average molecular weight is 267 g/mol. The molecule has 3 heterocycles. The van der Waals surface area contributed by atoms with Gasteiger partial charge in [0.25, 0.3) is 0 Å². The summed E-state index contributed by atoms with van der Waals surface area (Å²) in [4.78, 5) is 17.0. The molecule has 0 aromatic heterocycles.